The van der Waals surface area contributed by atoms with Crippen LogP contribution >= 0.6 is 11.6 Å². The van der Waals surface area contributed by atoms with Crippen LogP contribution < -0.4 is 11.1 Å². The van der Waals surface area contributed by atoms with Crippen LogP contribution in [0.5, 0.6) is 0 Å². The Labute approximate surface area is 235 Å². The van der Waals surface area contributed by atoms with Gasteiger partial charge in [-0.15, -0.1) is 5.10 Å². The van der Waals surface area contributed by atoms with Gasteiger partial charge in [-0.2, -0.15) is 0 Å². The Bertz CT molecular complexity index is 1310. The summed E-state index contributed by atoms with van der Waals surface area (Å²) in [6.07, 6.45) is 11.5. The molecule has 0 bridgehead atoms. The number of unbranched alkanes of at least 4 members (excludes halogenated alkanes) is 4. The minimum absolute atomic E-state index is 0.0614. The second-order valence-electron chi connectivity index (χ2n) is 9.90. The Hall–Kier alpha value is -3.65. The zero-order chi connectivity index (χ0) is 27.5. The Morgan fingerprint density at radius 3 is 2.49 bits per heavy atom. The maximum atomic E-state index is 12.5. The zero-order valence-electron chi connectivity index (χ0n) is 22.6. The predicted octanol–water partition coefficient (Wildman–Crippen LogP) is 6.02. The first kappa shape index (κ1) is 28.4. The Morgan fingerprint density at radius 1 is 0.974 bits per heavy atom. The highest BCUT2D eigenvalue weighted by atomic mass is 35.5. The molecule has 0 aliphatic rings. The zero-order valence-corrected chi connectivity index (χ0v) is 23.4. The highest BCUT2D eigenvalue weighted by Crippen LogP contribution is 2.25. The number of amides is 1. The van der Waals surface area contributed by atoms with Crippen LogP contribution in [0, 0.1) is 0 Å². The highest BCUT2D eigenvalue weighted by Gasteiger charge is 2.11. The van der Waals surface area contributed by atoms with E-state index in [1.165, 1.54) is 24.8 Å². The average molecular weight is 548 g/mol. The van der Waals surface area contributed by atoms with Gasteiger partial charge >= 0.3 is 0 Å². The molecule has 39 heavy (non-hydrogen) atoms. The van der Waals surface area contributed by atoms with E-state index in [0.29, 0.717) is 29.6 Å². The number of hydrogen-bond donors (Lipinski definition) is 3. The molecule has 0 radical (unpaired) electrons. The van der Waals surface area contributed by atoms with E-state index in [0.717, 1.165) is 61.2 Å². The summed E-state index contributed by atoms with van der Waals surface area (Å²) in [5.74, 6) is 0.368. The topological polar surface area (TPSA) is 115 Å². The molecule has 2 aromatic heterocycles. The van der Waals surface area contributed by atoms with E-state index < -0.39 is 0 Å². The van der Waals surface area contributed by atoms with E-state index in [9.17, 15) is 4.79 Å². The van der Waals surface area contributed by atoms with Crippen molar-refractivity contribution in [1.29, 1.82) is 0 Å². The first-order valence-electron chi connectivity index (χ1n) is 13.9. The van der Waals surface area contributed by atoms with Crippen molar-refractivity contribution < 1.29 is 4.79 Å². The molecule has 0 unspecified atom stereocenters. The normalized spacial score (nSPS) is 11.1. The number of anilines is 1. The van der Waals surface area contributed by atoms with Gasteiger partial charge in [-0.1, -0.05) is 67.3 Å². The number of nitrogens with one attached hydrogen (secondary N) is 2. The number of aryl methyl sites for hydroxylation is 3. The molecule has 206 valence electrons. The van der Waals surface area contributed by atoms with E-state index in [4.69, 9.17) is 17.3 Å². The fourth-order valence-electron chi connectivity index (χ4n) is 4.59. The second kappa shape index (κ2) is 14.5. The van der Waals surface area contributed by atoms with Gasteiger partial charge in [-0.25, -0.2) is 4.98 Å². The van der Waals surface area contributed by atoms with Crippen LogP contribution in [0.1, 0.15) is 72.8 Å². The van der Waals surface area contributed by atoms with Gasteiger partial charge in [0, 0.05) is 34.6 Å². The van der Waals surface area contributed by atoms with Crippen molar-refractivity contribution in [3.63, 3.8) is 0 Å². The molecule has 4 aromatic rings. The van der Waals surface area contributed by atoms with Crippen molar-refractivity contribution in [3.05, 3.63) is 82.3 Å². The fourth-order valence-corrected chi connectivity index (χ4v) is 4.72. The van der Waals surface area contributed by atoms with Crippen LogP contribution in [0.4, 0.5) is 5.95 Å². The predicted molar refractivity (Wildman–Crippen MR) is 157 cm³/mol. The molecule has 0 spiro atoms. The molecule has 0 saturated heterocycles. The minimum Gasteiger partial charge on any atom is -0.369 e. The summed E-state index contributed by atoms with van der Waals surface area (Å²) in [5.41, 5.74) is 11.8. The molecule has 4 N–H and O–H groups in total. The second-order valence-corrected chi connectivity index (χ2v) is 10.3. The summed E-state index contributed by atoms with van der Waals surface area (Å²) in [7, 11) is 0. The lowest BCUT2D eigenvalue weighted by molar-refractivity contribution is 0.0952. The van der Waals surface area contributed by atoms with Crippen molar-refractivity contribution in [1.82, 2.24) is 30.3 Å². The van der Waals surface area contributed by atoms with E-state index in [-0.39, 0.29) is 5.91 Å². The molecule has 2 aromatic carbocycles. The lowest BCUT2D eigenvalue weighted by atomic mass is 10.1. The Kier molecular flexibility index (Phi) is 10.5. The number of nitrogens with zero attached hydrogens (tertiary/aromatic N) is 4. The number of imidazole rings is 1. The molecule has 0 saturated carbocycles. The number of halogens is 1. The van der Waals surface area contributed by atoms with Crippen LogP contribution in [-0.2, 0) is 25.8 Å². The minimum atomic E-state index is -0.0614. The number of benzene rings is 2. The number of nitrogen functional groups attached to an aromatic ring is 1. The number of carbonyl (C=O) groups is 1. The van der Waals surface area contributed by atoms with Crippen molar-refractivity contribution in [3.8, 4) is 11.3 Å². The molecule has 0 atom stereocenters. The van der Waals surface area contributed by atoms with Crippen LogP contribution in [-0.4, -0.2) is 37.4 Å². The van der Waals surface area contributed by atoms with E-state index in [2.05, 4.69) is 44.7 Å². The first-order chi connectivity index (χ1) is 19.0. The number of H-pyrrole nitrogens is 1. The van der Waals surface area contributed by atoms with Crippen LogP contribution in [0.15, 0.2) is 54.7 Å². The van der Waals surface area contributed by atoms with E-state index in [1.807, 2.05) is 42.6 Å². The van der Waals surface area contributed by atoms with Crippen molar-refractivity contribution in [2.24, 2.45) is 0 Å². The quantitative estimate of drug-likeness (QED) is 0.157. The number of carbonyl (C=O) groups excluding carboxylic acids is 1. The maximum Gasteiger partial charge on any atom is 0.251 e. The number of nitrogens with two attached hydrogens (primary N) is 1. The third kappa shape index (κ3) is 8.68. The van der Waals surface area contributed by atoms with Crippen LogP contribution in [0.2, 0.25) is 5.02 Å². The van der Waals surface area contributed by atoms with Gasteiger partial charge in [0.2, 0.25) is 0 Å². The van der Waals surface area contributed by atoms with Gasteiger partial charge in [0.05, 0.1) is 17.9 Å². The third-order valence-corrected chi connectivity index (χ3v) is 7.02. The van der Waals surface area contributed by atoms with Gasteiger partial charge in [0.25, 0.3) is 5.91 Å². The third-order valence-electron chi connectivity index (χ3n) is 6.77. The van der Waals surface area contributed by atoms with Crippen LogP contribution in [0.3, 0.4) is 0 Å². The first-order valence-corrected chi connectivity index (χ1v) is 14.3. The Morgan fingerprint density at radius 2 is 1.72 bits per heavy atom. The molecule has 1 amide bonds. The van der Waals surface area contributed by atoms with Gasteiger partial charge < -0.3 is 16.0 Å². The highest BCUT2D eigenvalue weighted by molar-refractivity contribution is 6.30. The lowest BCUT2D eigenvalue weighted by Crippen LogP contribution is -2.27. The molecule has 0 aliphatic carbocycles. The number of aromatic amines is 1. The van der Waals surface area contributed by atoms with Crippen molar-refractivity contribution >= 4 is 23.5 Å². The summed E-state index contributed by atoms with van der Waals surface area (Å²) < 4.78 is 1.79. The largest absolute Gasteiger partial charge is 0.369 e. The number of rotatable bonds is 15. The number of aromatic nitrogens is 5. The monoisotopic (exact) mass is 547 g/mol. The summed E-state index contributed by atoms with van der Waals surface area (Å²) in [6.45, 7) is 3.29. The fraction of sp³-hybridized carbons (Fsp3) is 0.400. The lowest BCUT2D eigenvalue weighted by Gasteiger charge is -2.06. The van der Waals surface area contributed by atoms with Crippen LogP contribution in [0.25, 0.3) is 11.3 Å². The molecular formula is C30H38ClN7O. The molecular weight excluding hydrogens is 510 g/mol. The van der Waals surface area contributed by atoms with Crippen molar-refractivity contribution in [2.45, 2.75) is 71.3 Å². The standard InChI is InChI=1S/C30H38ClN7O/c1-2-3-5-8-22-11-13-24(14-12-22)29(39)33-19-20-38-21-26(36-37-38)9-6-4-7-10-27-28(35-30(32)34-27)23-15-17-25(31)18-16-23/h11-18,21H,2-10,19-20H2,1H3,(H,33,39)(H3,32,34,35). The molecule has 0 fully saturated rings. The van der Waals surface area contributed by atoms with E-state index in [1.54, 1.807) is 4.68 Å². The molecule has 4 rings (SSSR count). The molecule has 2 heterocycles. The van der Waals surface area contributed by atoms with Gasteiger partial charge in [0.15, 0.2) is 5.95 Å². The SMILES string of the molecule is CCCCCc1ccc(C(=O)NCCn2cc(CCCCCc3[nH]c(N)nc3-c3ccc(Cl)cc3)nn2)cc1. The average Bonchev–Trinajstić information content (AvgIpc) is 3.55. The Balaban J connectivity index is 1.14. The van der Waals surface area contributed by atoms with Gasteiger partial charge in [-0.3, -0.25) is 9.48 Å². The summed E-state index contributed by atoms with van der Waals surface area (Å²) >= 11 is 6.01. The summed E-state index contributed by atoms with van der Waals surface area (Å²) in [5, 5.41) is 12.2. The molecule has 0 aliphatic heterocycles. The summed E-state index contributed by atoms with van der Waals surface area (Å²) in [4.78, 5) is 20.1. The van der Waals surface area contributed by atoms with Gasteiger partial charge in [0.1, 0.15) is 0 Å². The number of hydrogen-bond acceptors (Lipinski definition) is 5. The summed E-state index contributed by atoms with van der Waals surface area (Å²) in [6, 6.07) is 15.6. The molecule has 8 nitrogen and oxygen atoms in total. The molecule has 9 heteroatoms. The van der Waals surface area contributed by atoms with Crippen molar-refractivity contribution in [2.75, 3.05) is 12.3 Å². The smallest absolute Gasteiger partial charge is 0.251 e. The van der Waals surface area contributed by atoms with Gasteiger partial charge in [-0.05, 0) is 68.4 Å². The maximum absolute atomic E-state index is 12.5. The van der Waals surface area contributed by atoms with E-state index >= 15 is 0 Å².